The molecule has 3 aromatic rings. The first kappa shape index (κ1) is 15.6. The molecule has 2 aliphatic rings. The zero-order valence-corrected chi connectivity index (χ0v) is 15.4. The predicted octanol–water partition coefficient (Wildman–Crippen LogP) is 4.32. The molecule has 7 heteroatoms. The number of carbonyl (C=O) groups excluding carboxylic acids is 1. The summed E-state index contributed by atoms with van der Waals surface area (Å²) in [5.74, 6) is 1.91. The highest BCUT2D eigenvalue weighted by molar-refractivity contribution is 9.10. The molecule has 0 radical (unpaired) electrons. The quantitative estimate of drug-likeness (QED) is 0.680. The fourth-order valence-electron chi connectivity index (χ4n) is 3.65. The van der Waals surface area contributed by atoms with Crippen LogP contribution in [0.25, 0.3) is 11.6 Å². The molecule has 6 nitrogen and oxygen atoms in total. The van der Waals surface area contributed by atoms with E-state index in [9.17, 15) is 4.79 Å². The summed E-state index contributed by atoms with van der Waals surface area (Å²) in [6, 6.07) is 11.3. The fourth-order valence-corrected chi connectivity index (χ4v) is 4.07. The van der Waals surface area contributed by atoms with Gasteiger partial charge in [-0.1, -0.05) is 28.1 Å². The summed E-state index contributed by atoms with van der Waals surface area (Å²) in [5, 5.41) is 7.97. The number of aromatic nitrogens is 3. The van der Waals surface area contributed by atoms with E-state index in [1.807, 2.05) is 30.3 Å². The van der Waals surface area contributed by atoms with Gasteiger partial charge in [0.15, 0.2) is 11.5 Å². The van der Waals surface area contributed by atoms with E-state index in [2.05, 4.69) is 31.3 Å². The molecule has 1 N–H and O–H groups in total. The van der Waals surface area contributed by atoms with Crippen LogP contribution in [0.4, 0.5) is 5.95 Å². The molecule has 0 saturated heterocycles. The monoisotopic (exact) mass is 410 g/mol. The average molecular weight is 411 g/mol. The van der Waals surface area contributed by atoms with Gasteiger partial charge < -0.3 is 9.73 Å². The van der Waals surface area contributed by atoms with E-state index in [0.717, 1.165) is 34.1 Å². The standard InChI is InChI=1S/C19H15BrN4O2/c20-12-5-1-4-11(10-12)17-16-13(6-2-7-14(16)25)21-19-22-18(23-24(17)19)15-8-3-9-26-15/h1,3-5,8-10,17H,2,6-7H2,(H,21,22,23)/t17-/m1/s1. The summed E-state index contributed by atoms with van der Waals surface area (Å²) in [4.78, 5) is 17.4. The van der Waals surface area contributed by atoms with Crippen molar-refractivity contribution in [2.24, 2.45) is 0 Å². The number of hydrogen-bond donors (Lipinski definition) is 1. The molecule has 0 bridgehead atoms. The van der Waals surface area contributed by atoms with E-state index >= 15 is 0 Å². The van der Waals surface area contributed by atoms with Crippen LogP contribution in [0.5, 0.6) is 0 Å². The third-order valence-electron chi connectivity index (χ3n) is 4.77. The van der Waals surface area contributed by atoms with Gasteiger partial charge in [-0.15, -0.1) is 5.10 Å². The minimum Gasteiger partial charge on any atom is -0.461 e. The largest absolute Gasteiger partial charge is 0.461 e. The van der Waals surface area contributed by atoms with E-state index in [1.165, 1.54) is 0 Å². The molecular formula is C19H15BrN4O2. The Hall–Kier alpha value is -2.67. The summed E-state index contributed by atoms with van der Waals surface area (Å²) in [6.07, 6.45) is 3.87. The molecule has 1 aromatic carbocycles. The summed E-state index contributed by atoms with van der Waals surface area (Å²) in [6.45, 7) is 0. The smallest absolute Gasteiger partial charge is 0.227 e. The molecule has 0 saturated carbocycles. The number of allylic oxidation sites excluding steroid dienone is 2. The summed E-state index contributed by atoms with van der Waals surface area (Å²) < 4.78 is 8.20. The van der Waals surface area contributed by atoms with Crippen LogP contribution < -0.4 is 5.32 Å². The number of hydrogen-bond acceptors (Lipinski definition) is 5. The molecule has 0 unspecified atom stereocenters. The van der Waals surface area contributed by atoms with Gasteiger partial charge in [0.1, 0.15) is 6.04 Å². The number of benzene rings is 1. The number of anilines is 1. The lowest BCUT2D eigenvalue weighted by atomic mass is 9.85. The van der Waals surface area contributed by atoms with E-state index < -0.39 is 0 Å². The third-order valence-corrected chi connectivity index (χ3v) is 5.27. The van der Waals surface area contributed by atoms with Gasteiger partial charge in [0.25, 0.3) is 0 Å². The lowest BCUT2D eigenvalue weighted by Crippen LogP contribution is -2.31. The number of rotatable bonds is 2. The average Bonchev–Trinajstić information content (AvgIpc) is 3.29. The van der Waals surface area contributed by atoms with Crippen molar-refractivity contribution in [2.45, 2.75) is 25.3 Å². The second-order valence-corrected chi connectivity index (χ2v) is 7.35. The Kier molecular flexibility index (Phi) is 3.56. The Morgan fingerprint density at radius 2 is 2.15 bits per heavy atom. The highest BCUT2D eigenvalue weighted by Gasteiger charge is 2.37. The van der Waals surface area contributed by atoms with Gasteiger partial charge in [-0.25, -0.2) is 4.68 Å². The van der Waals surface area contributed by atoms with Gasteiger partial charge >= 0.3 is 0 Å². The number of ketones is 1. The van der Waals surface area contributed by atoms with Crippen LogP contribution in [0.3, 0.4) is 0 Å². The number of nitrogens with one attached hydrogen (secondary N) is 1. The molecule has 5 rings (SSSR count). The number of Topliss-reactive ketones (excluding diaryl/α,β-unsaturated/α-hetero) is 1. The molecule has 0 fully saturated rings. The van der Waals surface area contributed by atoms with Crippen LogP contribution in [-0.4, -0.2) is 20.5 Å². The highest BCUT2D eigenvalue weighted by Crippen LogP contribution is 2.41. The fraction of sp³-hybridized carbons (Fsp3) is 0.211. The van der Waals surface area contributed by atoms with Gasteiger partial charge in [0.05, 0.1) is 6.26 Å². The normalized spacial score (nSPS) is 19.1. The maximum Gasteiger partial charge on any atom is 0.227 e. The maximum atomic E-state index is 12.8. The van der Waals surface area contributed by atoms with Crippen LogP contribution in [0, 0.1) is 0 Å². The molecule has 0 amide bonds. The van der Waals surface area contributed by atoms with Crippen molar-refractivity contribution >= 4 is 27.7 Å². The Morgan fingerprint density at radius 1 is 1.23 bits per heavy atom. The lowest BCUT2D eigenvalue weighted by Gasteiger charge is -2.32. The van der Waals surface area contributed by atoms with Gasteiger partial charge in [0, 0.05) is 22.2 Å². The molecule has 3 heterocycles. The van der Waals surface area contributed by atoms with Crippen molar-refractivity contribution in [3.63, 3.8) is 0 Å². The molecular weight excluding hydrogens is 396 g/mol. The zero-order valence-electron chi connectivity index (χ0n) is 13.8. The third kappa shape index (κ3) is 2.42. The molecule has 26 heavy (non-hydrogen) atoms. The SMILES string of the molecule is O=C1CCCC2=C1[C@@H](c1cccc(Br)c1)n1nc(-c3ccco3)nc1N2. The second kappa shape index (κ2) is 5.95. The van der Waals surface area contributed by atoms with Crippen molar-refractivity contribution in [2.75, 3.05) is 5.32 Å². The van der Waals surface area contributed by atoms with Gasteiger partial charge in [-0.2, -0.15) is 4.98 Å². The van der Waals surface area contributed by atoms with E-state index in [-0.39, 0.29) is 11.8 Å². The Bertz CT molecular complexity index is 1040. The molecule has 130 valence electrons. The lowest BCUT2D eigenvalue weighted by molar-refractivity contribution is -0.116. The molecule has 0 spiro atoms. The Balaban J connectivity index is 1.71. The molecule has 1 aliphatic heterocycles. The minimum atomic E-state index is -0.289. The van der Waals surface area contributed by atoms with Crippen molar-refractivity contribution in [1.29, 1.82) is 0 Å². The van der Waals surface area contributed by atoms with Crippen LogP contribution in [-0.2, 0) is 4.79 Å². The van der Waals surface area contributed by atoms with Gasteiger partial charge in [0.2, 0.25) is 11.8 Å². The van der Waals surface area contributed by atoms with Crippen molar-refractivity contribution in [1.82, 2.24) is 14.8 Å². The molecule has 1 aliphatic carbocycles. The van der Waals surface area contributed by atoms with E-state index in [0.29, 0.717) is 24.0 Å². The number of furan rings is 1. The first-order valence-corrected chi connectivity index (χ1v) is 9.29. The van der Waals surface area contributed by atoms with E-state index in [1.54, 1.807) is 17.0 Å². The first-order chi connectivity index (χ1) is 12.7. The maximum absolute atomic E-state index is 12.8. The topological polar surface area (TPSA) is 73.0 Å². The van der Waals surface area contributed by atoms with Crippen LogP contribution in [0.15, 0.2) is 62.8 Å². The van der Waals surface area contributed by atoms with E-state index in [4.69, 9.17) is 4.42 Å². The Labute approximate surface area is 158 Å². The van der Waals surface area contributed by atoms with Gasteiger partial charge in [-0.3, -0.25) is 4.79 Å². The summed E-state index contributed by atoms with van der Waals surface area (Å²) in [5.41, 5.74) is 2.75. The number of halogens is 1. The summed E-state index contributed by atoms with van der Waals surface area (Å²) in [7, 11) is 0. The second-order valence-electron chi connectivity index (χ2n) is 6.43. The Morgan fingerprint density at radius 3 is 2.96 bits per heavy atom. The van der Waals surface area contributed by atoms with Crippen LogP contribution >= 0.6 is 15.9 Å². The number of nitrogens with zero attached hydrogens (tertiary/aromatic N) is 3. The predicted molar refractivity (Wildman–Crippen MR) is 99.5 cm³/mol. The van der Waals surface area contributed by atoms with Crippen molar-refractivity contribution < 1.29 is 9.21 Å². The number of carbonyl (C=O) groups is 1. The molecule has 1 atom stereocenters. The van der Waals surface area contributed by atoms with Crippen LogP contribution in [0.1, 0.15) is 30.9 Å². The number of fused-ring (bicyclic) bond motifs is 1. The highest BCUT2D eigenvalue weighted by atomic mass is 79.9. The van der Waals surface area contributed by atoms with Crippen LogP contribution in [0.2, 0.25) is 0 Å². The van der Waals surface area contributed by atoms with Crippen molar-refractivity contribution in [3.8, 4) is 11.6 Å². The zero-order chi connectivity index (χ0) is 17.7. The van der Waals surface area contributed by atoms with Crippen molar-refractivity contribution in [3.05, 3.63) is 64.0 Å². The summed E-state index contributed by atoms with van der Waals surface area (Å²) >= 11 is 3.53. The first-order valence-electron chi connectivity index (χ1n) is 8.50. The molecule has 2 aromatic heterocycles. The minimum absolute atomic E-state index is 0.171. The van der Waals surface area contributed by atoms with Gasteiger partial charge in [-0.05, 0) is 42.7 Å².